The molecular weight excluding hydrogens is 439 g/mol. The number of nitrogens with one attached hydrogen (secondary N) is 2. The fraction of sp³-hybridized carbons (Fsp3) is 0.562. The van der Waals surface area contributed by atoms with Gasteiger partial charge in [-0.2, -0.15) is 0 Å². The van der Waals surface area contributed by atoms with Gasteiger partial charge in [-0.05, 0) is 38.3 Å². The van der Waals surface area contributed by atoms with E-state index in [1.807, 2.05) is 0 Å². The van der Waals surface area contributed by atoms with Crippen molar-refractivity contribution < 1.29 is 8.42 Å². The highest BCUT2D eigenvalue weighted by molar-refractivity contribution is 14.0. The second-order valence-corrected chi connectivity index (χ2v) is 8.59. The van der Waals surface area contributed by atoms with Crippen molar-refractivity contribution in [1.29, 1.82) is 0 Å². The van der Waals surface area contributed by atoms with Gasteiger partial charge in [0.25, 0.3) is 0 Å². The molecule has 4 N–H and O–H groups in total. The number of hydrogen-bond acceptors (Lipinski definition) is 3. The van der Waals surface area contributed by atoms with E-state index in [1.54, 1.807) is 45.0 Å². The second kappa shape index (κ2) is 9.57. The standard InChI is InChI=1S/C16H28N4O2S.HI/c1-12(2)10-18-15(17)19-11-13-8-6-7-9-14(13)23(21,22)20-16(3,4)5;/h6-9,12,20H,10-11H2,1-5H3,(H3,17,18,19);1H. The zero-order valence-electron chi connectivity index (χ0n) is 15.0. The first-order chi connectivity index (χ1) is 10.5. The third kappa shape index (κ3) is 8.29. The number of nitrogens with zero attached hydrogens (tertiary/aromatic N) is 1. The van der Waals surface area contributed by atoms with Crippen molar-refractivity contribution in [1.82, 2.24) is 10.0 Å². The minimum Gasteiger partial charge on any atom is -0.370 e. The van der Waals surface area contributed by atoms with Crippen molar-refractivity contribution >= 4 is 40.0 Å². The first-order valence-corrected chi connectivity index (χ1v) is 9.15. The number of benzene rings is 1. The summed E-state index contributed by atoms with van der Waals surface area (Å²) < 4.78 is 27.7. The van der Waals surface area contributed by atoms with Gasteiger partial charge in [-0.15, -0.1) is 24.0 Å². The van der Waals surface area contributed by atoms with Crippen LogP contribution in [0, 0.1) is 5.92 Å². The summed E-state index contributed by atoms with van der Waals surface area (Å²) in [5, 5.41) is 3.01. The Hall–Kier alpha value is -0.870. The first-order valence-electron chi connectivity index (χ1n) is 7.67. The maximum absolute atomic E-state index is 12.5. The lowest BCUT2D eigenvalue weighted by molar-refractivity contribution is 0.491. The van der Waals surface area contributed by atoms with E-state index in [-0.39, 0.29) is 35.4 Å². The van der Waals surface area contributed by atoms with Crippen LogP contribution in [-0.4, -0.2) is 26.5 Å². The van der Waals surface area contributed by atoms with Gasteiger partial charge in [0, 0.05) is 12.1 Å². The smallest absolute Gasteiger partial charge is 0.241 e. The summed E-state index contributed by atoms with van der Waals surface area (Å²) >= 11 is 0. The number of sulfonamides is 1. The molecule has 0 atom stereocenters. The summed E-state index contributed by atoms with van der Waals surface area (Å²) in [6.07, 6.45) is 0. The predicted molar refractivity (Wildman–Crippen MR) is 110 cm³/mol. The number of aliphatic imine (C=N–C) groups is 1. The average Bonchev–Trinajstić information content (AvgIpc) is 2.40. The highest BCUT2D eigenvalue weighted by atomic mass is 127. The predicted octanol–water partition coefficient (Wildman–Crippen LogP) is 2.44. The van der Waals surface area contributed by atoms with Crippen LogP contribution in [0.4, 0.5) is 0 Å². The Morgan fingerprint density at radius 2 is 1.83 bits per heavy atom. The van der Waals surface area contributed by atoms with Crippen LogP contribution < -0.4 is 15.8 Å². The van der Waals surface area contributed by atoms with E-state index in [1.165, 1.54) is 0 Å². The molecule has 138 valence electrons. The molecule has 0 saturated heterocycles. The Bertz CT molecular complexity index is 652. The van der Waals surface area contributed by atoms with Crippen molar-refractivity contribution in [2.45, 2.75) is 51.6 Å². The molecule has 0 spiro atoms. The number of hydrogen-bond donors (Lipinski definition) is 3. The molecule has 6 nitrogen and oxygen atoms in total. The number of rotatable bonds is 6. The van der Waals surface area contributed by atoms with Crippen LogP contribution in [0.15, 0.2) is 34.2 Å². The van der Waals surface area contributed by atoms with E-state index < -0.39 is 15.6 Å². The molecule has 24 heavy (non-hydrogen) atoms. The monoisotopic (exact) mass is 468 g/mol. The Labute approximate surface area is 162 Å². The topological polar surface area (TPSA) is 96.6 Å². The summed E-state index contributed by atoms with van der Waals surface area (Å²) in [7, 11) is -3.60. The Balaban J connectivity index is 0.00000529. The van der Waals surface area contributed by atoms with Gasteiger partial charge < -0.3 is 11.1 Å². The molecule has 8 heteroatoms. The molecule has 1 rings (SSSR count). The van der Waals surface area contributed by atoms with Crippen molar-refractivity contribution in [2.24, 2.45) is 16.6 Å². The van der Waals surface area contributed by atoms with Gasteiger partial charge in [0.2, 0.25) is 10.0 Å². The number of nitrogens with two attached hydrogens (primary N) is 1. The van der Waals surface area contributed by atoms with Crippen LogP contribution in [0.1, 0.15) is 40.2 Å². The van der Waals surface area contributed by atoms with Crippen molar-refractivity contribution in [3.8, 4) is 0 Å². The minimum absolute atomic E-state index is 0. The molecule has 0 aliphatic heterocycles. The third-order valence-corrected chi connectivity index (χ3v) is 4.67. The molecule has 0 saturated carbocycles. The van der Waals surface area contributed by atoms with Gasteiger partial charge in [-0.25, -0.2) is 18.1 Å². The second-order valence-electron chi connectivity index (χ2n) is 6.94. The van der Waals surface area contributed by atoms with Crippen LogP contribution in [-0.2, 0) is 16.6 Å². The maximum Gasteiger partial charge on any atom is 0.241 e. The highest BCUT2D eigenvalue weighted by Crippen LogP contribution is 2.18. The van der Waals surface area contributed by atoms with Gasteiger partial charge in [0.05, 0.1) is 11.4 Å². The zero-order valence-corrected chi connectivity index (χ0v) is 18.1. The lowest BCUT2D eigenvalue weighted by Crippen LogP contribution is -2.40. The Morgan fingerprint density at radius 1 is 1.25 bits per heavy atom. The molecule has 0 fully saturated rings. The van der Waals surface area contributed by atoms with Crippen molar-refractivity contribution in [3.63, 3.8) is 0 Å². The van der Waals surface area contributed by atoms with Crippen LogP contribution in [0.2, 0.25) is 0 Å². The lowest BCUT2D eigenvalue weighted by atomic mass is 10.1. The summed E-state index contributed by atoms with van der Waals surface area (Å²) in [5.74, 6) is 0.766. The van der Waals surface area contributed by atoms with E-state index in [4.69, 9.17) is 5.73 Å². The SMILES string of the molecule is CC(C)CNC(N)=NCc1ccccc1S(=O)(=O)NC(C)(C)C.I. The molecule has 0 bridgehead atoms. The molecule has 0 aliphatic carbocycles. The maximum atomic E-state index is 12.5. The summed E-state index contributed by atoms with van der Waals surface area (Å²) in [5.41, 5.74) is 5.87. The summed E-state index contributed by atoms with van der Waals surface area (Å²) in [6, 6.07) is 6.82. The molecule has 1 aromatic carbocycles. The van der Waals surface area contributed by atoms with E-state index in [0.29, 0.717) is 17.4 Å². The Morgan fingerprint density at radius 3 is 2.38 bits per heavy atom. The van der Waals surface area contributed by atoms with Gasteiger partial charge in [-0.1, -0.05) is 32.0 Å². The zero-order chi connectivity index (χ0) is 17.7. The van der Waals surface area contributed by atoms with Gasteiger partial charge in [0.15, 0.2) is 5.96 Å². The molecule has 0 aromatic heterocycles. The van der Waals surface area contributed by atoms with Crippen LogP contribution >= 0.6 is 24.0 Å². The van der Waals surface area contributed by atoms with Crippen LogP contribution in [0.25, 0.3) is 0 Å². The van der Waals surface area contributed by atoms with Gasteiger partial charge in [-0.3, -0.25) is 0 Å². The van der Waals surface area contributed by atoms with Crippen LogP contribution in [0.3, 0.4) is 0 Å². The molecule has 0 heterocycles. The quantitative estimate of drug-likeness (QED) is 0.340. The largest absolute Gasteiger partial charge is 0.370 e. The summed E-state index contributed by atoms with van der Waals surface area (Å²) in [4.78, 5) is 4.46. The molecule has 0 unspecified atom stereocenters. The normalized spacial score (nSPS) is 12.8. The average molecular weight is 468 g/mol. The Kier molecular flexibility index (Phi) is 9.22. The first kappa shape index (κ1) is 23.1. The molecular formula is C16H29IN4O2S. The lowest BCUT2D eigenvalue weighted by Gasteiger charge is -2.21. The van der Waals surface area contributed by atoms with Gasteiger partial charge >= 0.3 is 0 Å². The fourth-order valence-corrected chi connectivity index (χ4v) is 3.54. The van der Waals surface area contributed by atoms with Crippen molar-refractivity contribution in [2.75, 3.05) is 6.54 Å². The highest BCUT2D eigenvalue weighted by Gasteiger charge is 2.24. The minimum atomic E-state index is -3.60. The summed E-state index contributed by atoms with van der Waals surface area (Å²) in [6.45, 7) is 10.5. The van der Waals surface area contributed by atoms with E-state index in [9.17, 15) is 8.42 Å². The van der Waals surface area contributed by atoms with E-state index >= 15 is 0 Å². The fourth-order valence-electron chi connectivity index (χ4n) is 1.89. The number of guanidine groups is 1. The molecule has 0 radical (unpaired) electrons. The molecule has 0 amide bonds. The third-order valence-electron chi connectivity index (χ3n) is 2.81. The van der Waals surface area contributed by atoms with E-state index in [0.717, 1.165) is 6.54 Å². The molecule has 0 aliphatic rings. The van der Waals surface area contributed by atoms with Gasteiger partial charge in [0.1, 0.15) is 0 Å². The van der Waals surface area contributed by atoms with E-state index in [2.05, 4.69) is 28.9 Å². The molecule has 1 aromatic rings. The van der Waals surface area contributed by atoms with Crippen molar-refractivity contribution in [3.05, 3.63) is 29.8 Å². The van der Waals surface area contributed by atoms with Crippen LogP contribution in [0.5, 0.6) is 0 Å². The number of halogens is 1.